The third kappa shape index (κ3) is 3.61. The lowest BCUT2D eigenvalue weighted by Crippen LogP contribution is -2.32. The maximum absolute atomic E-state index is 12.1. The van der Waals surface area contributed by atoms with Crippen LogP contribution < -0.4 is 15.8 Å². The van der Waals surface area contributed by atoms with Crippen molar-refractivity contribution in [3.63, 3.8) is 0 Å². The molecule has 3 N–H and O–H groups in total. The summed E-state index contributed by atoms with van der Waals surface area (Å²) in [6.45, 7) is 2.23. The summed E-state index contributed by atoms with van der Waals surface area (Å²) < 4.78 is 10.5. The van der Waals surface area contributed by atoms with E-state index in [0.717, 1.165) is 26.1 Å². The Morgan fingerprint density at radius 2 is 2.21 bits per heavy atom. The van der Waals surface area contributed by atoms with Crippen LogP contribution in [0.4, 0.5) is 5.69 Å². The van der Waals surface area contributed by atoms with Gasteiger partial charge in [0.05, 0.1) is 12.7 Å². The van der Waals surface area contributed by atoms with Gasteiger partial charge in [-0.25, -0.2) is 0 Å². The lowest BCUT2D eigenvalue weighted by molar-refractivity contribution is 0.0642. The van der Waals surface area contributed by atoms with Crippen molar-refractivity contribution in [3.8, 4) is 5.75 Å². The summed E-state index contributed by atoms with van der Waals surface area (Å²) in [6.07, 6.45) is 1.99. The Hall–Kier alpha value is -1.75. The first kappa shape index (κ1) is 13.7. The molecule has 0 unspecified atom stereocenters. The number of methoxy groups -OCH3 is 1. The fraction of sp³-hybridized carbons (Fsp3) is 0.500. The summed E-state index contributed by atoms with van der Waals surface area (Å²) >= 11 is 0. The molecular weight excluding hydrogens is 244 g/mol. The van der Waals surface area contributed by atoms with Gasteiger partial charge in [0.1, 0.15) is 5.75 Å². The molecule has 1 aliphatic rings. The molecule has 1 fully saturated rings. The van der Waals surface area contributed by atoms with Crippen LogP contribution in [0.3, 0.4) is 0 Å². The average Bonchev–Trinajstić information content (AvgIpc) is 2.46. The van der Waals surface area contributed by atoms with E-state index in [9.17, 15) is 4.79 Å². The highest BCUT2D eigenvalue weighted by molar-refractivity contribution is 5.97. The van der Waals surface area contributed by atoms with Gasteiger partial charge < -0.3 is 20.5 Å². The molecule has 1 saturated heterocycles. The van der Waals surface area contributed by atoms with Gasteiger partial charge in [-0.2, -0.15) is 0 Å². The number of amides is 1. The van der Waals surface area contributed by atoms with Crippen molar-refractivity contribution in [1.82, 2.24) is 5.32 Å². The first-order chi connectivity index (χ1) is 9.20. The quantitative estimate of drug-likeness (QED) is 0.807. The molecule has 0 aliphatic carbocycles. The van der Waals surface area contributed by atoms with E-state index in [1.165, 1.54) is 0 Å². The summed E-state index contributed by atoms with van der Waals surface area (Å²) in [5.74, 6) is 0.888. The molecule has 0 radical (unpaired) electrons. The molecule has 19 heavy (non-hydrogen) atoms. The van der Waals surface area contributed by atoms with Crippen LogP contribution in [0.2, 0.25) is 0 Å². The normalized spacial score (nSPS) is 16.1. The van der Waals surface area contributed by atoms with Gasteiger partial charge in [0.15, 0.2) is 0 Å². The SMILES string of the molecule is COc1ccc(N)cc1C(=O)NCC1CCOCC1. The van der Waals surface area contributed by atoms with Crippen molar-refractivity contribution in [1.29, 1.82) is 0 Å². The fourth-order valence-electron chi connectivity index (χ4n) is 2.19. The second-order valence-corrected chi connectivity index (χ2v) is 4.73. The van der Waals surface area contributed by atoms with Crippen LogP contribution in [0.5, 0.6) is 5.75 Å². The van der Waals surface area contributed by atoms with E-state index >= 15 is 0 Å². The zero-order valence-electron chi connectivity index (χ0n) is 11.1. The summed E-state index contributed by atoms with van der Waals surface area (Å²) in [6, 6.07) is 5.06. The van der Waals surface area contributed by atoms with Gasteiger partial charge >= 0.3 is 0 Å². The maximum atomic E-state index is 12.1. The van der Waals surface area contributed by atoms with E-state index in [-0.39, 0.29) is 5.91 Å². The van der Waals surface area contributed by atoms with E-state index in [2.05, 4.69) is 5.32 Å². The first-order valence-electron chi connectivity index (χ1n) is 6.50. The molecule has 1 heterocycles. The number of ether oxygens (including phenoxy) is 2. The highest BCUT2D eigenvalue weighted by Crippen LogP contribution is 2.21. The topological polar surface area (TPSA) is 73.6 Å². The van der Waals surface area contributed by atoms with E-state index in [4.69, 9.17) is 15.2 Å². The third-order valence-electron chi connectivity index (χ3n) is 3.36. The number of hydrogen-bond donors (Lipinski definition) is 2. The Kier molecular flexibility index (Phi) is 4.63. The highest BCUT2D eigenvalue weighted by atomic mass is 16.5. The fourth-order valence-corrected chi connectivity index (χ4v) is 2.19. The van der Waals surface area contributed by atoms with Crippen molar-refractivity contribution in [2.75, 3.05) is 32.6 Å². The van der Waals surface area contributed by atoms with Crippen molar-refractivity contribution in [3.05, 3.63) is 23.8 Å². The standard InChI is InChI=1S/C14H20N2O3/c1-18-13-3-2-11(15)8-12(13)14(17)16-9-10-4-6-19-7-5-10/h2-3,8,10H,4-7,9,15H2,1H3,(H,16,17). The molecule has 2 rings (SSSR count). The van der Waals surface area contributed by atoms with Gasteiger partial charge in [-0.1, -0.05) is 0 Å². The Labute approximate surface area is 113 Å². The van der Waals surface area contributed by atoms with E-state index in [1.54, 1.807) is 25.3 Å². The monoisotopic (exact) mass is 264 g/mol. The number of nitrogens with one attached hydrogen (secondary N) is 1. The zero-order chi connectivity index (χ0) is 13.7. The van der Waals surface area contributed by atoms with Gasteiger partial charge in [0, 0.05) is 25.4 Å². The lowest BCUT2D eigenvalue weighted by atomic mass is 10.0. The minimum Gasteiger partial charge on any atom is -0.496 e. The second kappa shape index (κ2) is 6.43. The number of carbonyl (C=O) groups excluding carboxylic acids is 1. The first-order valence-corrected chi connectivity index (χ1v) is 6.50. The second-order valence-electron chi connectivity index (χ2n) is 4.73. The van der Waals surface area contributed by atoms with Crippen molar-refractivity contribution < 1.29 is 14.3 Å². The Bertz CT molecular complexity index is 442. The van der Waals surface area contributed by atoms with Crippen molar-refractivity contribution in [2.45, 2.75) is 12.8 Å². The maximum Gasteiger partial charge on any atom is 0.255 e. The molecule has 1 aromatic rings. The summed E-state index contributed by atoms with van der Waals surface area (Å²) in [5, 5.41) is 2.94. The highest BCUT2D eigenvalue weighted by Gasteiger charge is 2.17. The molecule has 5 nitrogen and oxygen atoms in total. The third-order valence-corrected chi connectivity index (χ3v) is 3.36. The molecule has 1 aromatic carbocycles. The van der Waals surface area contributed by atoms with E-state index < -0.39 is 0 Å². The zero-order valence-corrected chi connectivity index (χ0v) is 11.1. The summed E-state index contributed by atoms with van der Waals surface area (Å²) in [5.41, 5.74) is 6.74. The molecule has 5 heteroatoms. The molecular formula is C14H20N2O3. The van der Waals surface area contributed by atoms with Crippen molar-refractivity contribution in [2.24, 2.45) is 5.92 Å². The van der Waals surface area contributed by atoms with Crippen LogP contribution in [0.1, 0.15) is 23.2 Å². The number of hydrogen-bond acceptors (Lipinski definition) is 4. The van der Waals surface area contributed by atoms with Crippen LogP contribution >= 0.6 is 0 Å². The van der Waals surface area contributed by atoms with Crippen molar-refractivity contribution >= 4 is 11.6 Å². The predicted octanol–water partition coefficient (Wildman–Crippen LogP) is 1.43. The number of anilines is 1. The van der Waals surface area contributed by atoms with Gasteiger partial charge in [-0.15, -0.1) is 0 Å². The smallest absolute Gasteiger partial charge is 0.255 e. The number of rotatable bonds is 4. The summed E-state index contributed by atoms with van der Waals surface area (Å²) in [4.78, 5) is 12.1. The molecule has 0 spiro atoms. The Balaban J connectivity index is 1.97. The molecule has 0 bridgehead atoms. The summed E-state index contributed by atoms with van der Waals surface area (Å²) in [7, 11) is 1.54. The number of benzene rings is 1. The Morgan fingerprint density at radius 3 is 2.89 bits per heavy atom. The van der Waals surface area contributed by atoms with Crippen LogP contribution in [-0.2, 0) is 4.74 Å². The van der Waals surface area contributed by atoms with Gasteiger partial charge in [-0.05, 0) is 37.0 Å². The largest absolute Gasteiger partial charge is 0.496 e. The lowest BCUT2D eigenvalue weighted by Gasteiger charge is -2.22. The van der Waals surface area contributed by atoms with Gasteiger partial charge in [0.25, 0.3) is 5.91 Å². The minimum absolute atomic E-state index is 0.143. The van der Waals surface area contributed by atoms with Crippen LogP contribution in [0.15, 0.2) is 18.2 Å². The number of nitrogens with two attached hydrogens (primary N) is 1. The van der Waals surface area contributed by atoms with Crippen LogP contribution in [-0.4, -0.2) is 32.8 Å². The van der Waals surface area contributed by atoms with Gasteiger partial charge in [-0.3, -0.25) is 4.79 Å². The average molecular weight is 264 g/mol. The predicted molar refractivity (Wildman–Crippen MR) is 73.3 cm³/mol. The van der Waals surface area contributed by atoms with Crippen LogP contribution in [0, 0.1) is 5.92 Å². The number of nitrogen functional groups attached to an aromatic ring is 1. The van der Waals surface area contributed by atoms with Crippen LogP contribution in [0.25, 0.3) is 0 Å². The molecule has 1 aliphatic heterocycles. The molecule has 0 aromatic heterocycles. The molecule has 1 amide bonds. The van der Waals surface area contributed by atoms with E-state index in [0.29, 0.717) is 29.5 Å². The molecule has 0 atom stereocenters. The molecule has 0 saturated carbocycles. The minimum atomic E-state index is -0.143. The molecule has 104 valence electrons. The Morgan fingerprint density at radius 1 is 1.47 bits per heavy atom. The number of carbonyl (C=O) groups is 1. The van der Waals surface area contributed by atoms with Gasteiger partial charge in [0.2, 0.25) is 0 Å². The van der Waals surface area contributed by atoms with E-state index in [1.807, 2.05) is 0 Å².